The summed E-state index contributed by atoms with van der Waals surface area (Å²) in [6, 6.07) is 15.6. The molecule has 4 heteroatoms. The number of rotatable bonds is 4. The van der Waals surface area contributed by atoms with E-state index in [0.717, 1.165) is 34.0 Å². The van der Waals surface area contributed by atoms with E-state index in [-0.39, 0.29) is 0 Å². The smallest absolute Gasteiger partial charge is 0.0632 e. The minimum absolute atomic E-state index is 0.435. The molecule has 100 valence electrons. The zero-order chi connectivity index (χ0) is 13.9. The second-order valence-corrected chi connectivity index (χ2v) is 7.53. The zero-order valence-electron chi connectivity index (χ0n) is 10.2. The molecule has 0 saturated heterocycles. The molecule has 0 aliphatic heterocycles. The van der Waals surface area contributed by atoms with Crippen molar-refractivity contribution in [2.75, 3.05) is 0 Å². The van der Waals surface area contributed by atoms with Gasteiger partial charge in [0.1, 0.15) is 0 Å². The summed E-state index contributed by atoms with van der Waals surface area (Å²) >= 11 is 21.3. The van der Waals surface area contributed by atoms with E-state index in [2.05, 4.69) is 25.3 Å². The Morgan fingerprint density at radius 3 is 1.58 bits per heavy atom. The maximum Gasteiger partial charge on any atom is 0.0632 e. The first-order valence-corrected chi connectivity index (χ1v) is 7.53. The molecule has 0 fully saturated rings. The van der Waals surface area contributed by atoms with Crippen molar-refractivity contribution in [3.63, 3.8) is 0 Å². The summed E-state index contributed by atoms with van der Waals surface area (Å²) in [5, 5.41) is 1.47. The van der Waals surface area contributed by atoms with Crippen LogP contribution in [0.4, 0.5) is 0 Å². The highest BCUT2D eigenvalue weighted by atomic mass is 35.5. The molecule has 2 aromatic rings. The molecule has 0 spiro atoms. The molecule has 0 unspecified atom stereocenters. The van der Waals surface area contributed by atoms with Gasteiger partial charge >= 0.3 is 0 Å². The molecule has 0 nitrogen and oxygen atoms in total. The quantitative estimate of drug-likeness (QED) is 0.549. The first kappa shape index (κ1) is 15.1. The van der Waals surface area contributed by atoms with Crippen LogP contribution in [0.25, 0.3) is 0 Å². The Labute approximate surface area is 134 Å². The molecule has 0 amide bonds. The van der Waals surface area contributed by atoms with E-state index < -0.39 is 4.08 Å². The van der Waals surface area contributed by atoms with Gasteiger partial charge in [0.15, 0.2) is 0 Å². The lowest BCUT2D eigenvalue weighted by Crippen LogP contribution is -2.20. The van der Waals surface area contributed by atoms with Crippen LogP contribution in [0.1, 0.15) is 11.1 Å². The van der Waals surface area contributed by atoms with Gasteiger partial charge in [-0.2, -0.15) is 25.3 Å². The molecule has 0 bridgehead atoms. The lowest BCUT2D eigenvalue weighted by atomic mass is 10.0. The van der Waals surface area contributed by atoms with Gasteiger partial charge in [-0.1, -0.05) is 47.5 Å². The van der Waals surface area contributed by atoms with E-state index in [1.807, 2.05) is 48.5 Å². The van der Waals surface area contributed by atoms with Crippen molar-refractivity contribution < 1.29 is 0 Å². The lowest BCUT2D eigenvalue weighted by Gasteiger charge is -2.23. The van der Waals surface area contributed by atoms with Crippen molar-refractivity contribution in [1.29, 1.82) is 0 Å². The average Bonchev–Trinajstić information content (AvgIpc) is 2.27. The van der Waals surface area contributed by atoms with E-state index in [4.69, 9.17) is 23.2 Å². The first-order chi connectivity index (χ1) is 8.94. The summed E-state index contributed by atoms with van der Waals surface area (Å²) in [5.41, 5.74) is 2.25. The lowest BCUT2D eigenvalue weighted by molar-refractivity contribution is 0.797. The molecular formula is C15H14Cl2S2. The van der Waals surface area contributed by atoms with Gasteiger partial charge in [-0.3, -0.25) is 0 Å². The van der Waals surface area contributed by atoms with Gasteiger partial charge in [-0.25, -0.2) is 0 Å². The zero-order valence-corrected chi connectivity index (χ0v) is 13.5. The monoisotopic (exact) mass is 328 g/mol. The van der Waals surface area contributed by atoms with E-state index in [0.29, 0.717) is 0 Å². The Kier molecular flexibility index (Phi) is 5.13. The largest absolute Gasteiger partial charge is 0.161 e. The van der Waals surface area contributed by atoms with Crippen molar-refractivity contribution in [1.82, 2.24) is 0 Å². The Bertz CT molecular complexity index is 518. The Hall–Kier alpha value is -0.280. The van der Waals surface area contributed by atoms with Gasteiger partial charge in [0.25, 0.3) is 0 Å². The van der Waals surface area contributed by atoms with Crippen molar-refractivity contribution >= 4 is 48.5 Å². The molecule has 0 atom stereocenters. The Morgan fingerprint density at radius 1 is 0.789 bits per heavy atom. The summed E-state index contributed by atoms with van der Waals surface area (Å²) in [4.78, 5) is 0. The third-order valence-corrected chi connectivity index (χ3v) is 3.86. The van der Waals surface area contributed by atoms with E-state index >= 15 is 0 Å². The molecule has 0 radical (unpaired) electrons. The van der Waals surface area contributed by atoms with Crippen LogP contribution in [0.3, 0.4) is 0 Å². The van der Waals surface area contributed by atoms with Crippen LogP contribution in [0.2, 0.25) is 10.0 Å². The molecule has 2 aromatic carbocycles. The fourth-order valence-corrected chi connectivity index (χ4v) is 3.17. The number of halogens is 2. The predicted molar refractivity (Wildman–Crippen MR) is 91.0 cm³/mol. The van der Waals surface area contributed by atoms with Crippen LogP contribution >= 0.6 is 48.5 Å². The SMILES string of the molecule is SC(S)(Cc1cccc(Cl)c1)Cc1cccc(Cl)c1. The van der Waals surface area contributed by atoms with Crippen LogP contribution in [-0.2, 0) is 12.8 Å². The maximum absolute atomic E-state index is 5.99. The predicted octanol–water partition coefficient (Wildman–Crippen LogP) is 5.33. The third-order valence-electron chi connectivity index (χ3n) is 2.75. The summed E-state index contributed by atoms with van der Waals surface area (Å²) in [6.07, 6.45) is 1.46. The Balaban J connectivity index is 2.10. The van der Waals surface area contributed by atoms with E-state index in [1.165, 1.54) is 0 Å². The third kappa shape index (κ3) is 4.96. The maximum atomic E-state index is 5.99. The molecule has 0 N–H and O–H groups in total. The van der Waals surface area contributed by atoms with Gasteiger partial charge in [0, 0.05) is 10.0 Å². The van der Waals surface area contributed by atoms with Gasteiger partial charge in [0.2, 0.25) is 0 Å². The summed E-state index contributed by atoms with van der Waals surface area (Å²) < 4.78 is -0.435. The van der Waals surface area contributed by atoms with E-state index in [9.17, 15) is 0 Å². The second kappa shape index (κ2) is 6.45. The number of benzene rings is 2. The fourth-order valence-electron chi connectivity index (χ4n) is 2.01. The number of hydrogen-bond donors (Lipinski definition) is 2. The summed E-state index contributed by atoms with van der Waals surface area (Å²) in [5.74, 6) is 0. The first-order valence-electron chi connectivity index (χ1n) is 5.88. The second-order valence-electron chi connectivity index (χ2n) is 4.60. The molecule has 2 rings (SSSR count). The molecule has 0 heterocycles. The van der Waals surface area contributed by atoms with Crippen LogP contribution in [0.15, 0.2) is 48.5 Å². The fraction of sp³-hybridized carbons (Fsp3) is 0.200. The van der Waals surface area contributed by atoms with Gasteiger partial charge in [-0.05, 0) is 48.2 Å². The average molecular weight is 329 g/mol. The molecule has 0 aromatic heterocycles. The van der Waals surface area contributed by atoms with Crippen molar-refractivity contribution in [3.8, 4) is 0 Å². The van der Waals surface area contributed by atoms with Gasteiger partial charge in [0.05, 0.1) is 4.08 Å². The molecule has 0 aliphatic rings. The van der Waals surface area contributed by atoms with E-state index in [1.54, 1.807) is 0 Å². The standard InChI is InChI=1S/C15H14Cl2S2/c16-13-5-1-3-11(7-13)9-15(18,19)10-12-4-2-6-14(17)8-12/h1-8,18-19H,9-10H2. The highest BCUT2D eigenvalue weighted by molar-refractivity contribution is 8.00. The summed E-state index contributed by atoms with van der Waals surface area (Å²) in [7, 11) is 0. The van der Waals surface area contributed by atoms with Crippen LogP contribution < -0.4 is 0 Å². The normalized spacial score (nSPS) is 11.6. The van der Waals surface area contributed by atoms with Crippen LogP contribution in [0.5, 0.6) is 0 Å². The Morgan fingerprint density at radius 2 is 1.21 bits per heavy atom. The van der Waals surface area contributed by atoms with Gasteiger partial charge in [-0.15, -0.1) is 0 Å². The highest BCUT2D eigenvalue weighted by Crippen LogP contribution is 2.30. The number of thiol groups is 2. The molecule has 0 aliphatic carbocycles. The minimum atomic E-state index is -0.435. The van der Waals surface area contributed by atoms with Crippen LogP contribution in [-0.4, -0.2) is 4.08 Å². The van der Waals surface area contributed by atoms with Crippen molar-refractivity contribution in [3.05, 3.63) is 69.7 Å². The molecule has 19 heavy (non-hydrogen) atoms. The minimum Gasteiger partial charge on any atom is -0.161 e. The molecular weight excluding hydrogens is 315 g/mol. The molecule has 0 saturated carbocycles. The summed E-state index contributed by atoms with van der Waals surface area (Å²) in [6.45, 7) is 0. The number of hydrogen-bond acceptors (Lipinski definition) is 2. The van der Waals surface area contributed by atoms with Crippen molar-refractivity contribution in [2.24, 2.45) is 0 Å². The van der Waals surface area contributed by atoms with Crippen LogP contribution in [0, 0.1) is 0 Å². The van der Waals surface area contributed by atoms with Gasteiger partial charge < -0.3 is 0 Å². The van der Waals surface area contributed by atoms with Crippen molar-refractivity contribution in [2.45, 2.75) is 16.9 Å². The topological polar surface area (TPSA) is 0 Å². The highest BCUT2D eigenvalue weighted by Gasteiger charge is 2.21.